The highest BCUT2D eigenvalue weighted by molar-refractivity contribution is 5.25. The van der Waals surface area contributed by atoms with Gasteiger partial charge in [-0.3, -0.25) is 0 Å². The summed E-state index contributed by atoms with van der Waals surface area (Å²) >= 11 is 0. The smallest absolute Gasteiger partial charge is 0.115 e. The maximum atomic E-state index is 9.16. The molecule has 0 amide bonds. The van der Waals surface area contributed by atoms with Crippen LogP contribution in [0.5, 0.6) is 5.75 Å². The van der Waals surface area contributed by atoms with E-state index in [2.05, 4.69) is 5.32 Å². The summed E-state index contributed by atoms with van der Waals surface area (Å²) < 4.78 is 0. The van der Waals surface area contributed by atoms with E-state index in [4.69, 9.17) is 5.11 Å². The summed E-state index contributed by atoms with van der Waals surface area (Å²) in [4.78, 5) is 0. The molecular formula is C13H19NO. The molecule has 1 saturated heterocycles. The van der Waals surface area contributed by atoms with Crippen molar-refractivity contribution in [2.24, 2.45) is 0 Å². The van der Waals surface area contributed by atoms with Crippen molar-refractivity contribution in [3.05, 3.63) is 29.8 Å². The fourth-order valence-electron chi connectivity index (χ4n) is 2.17. The van der Waals surface area contributed by atoms with Crippen LogP contribution in [0.25, 0.3) is 0 Å². The zero-order valence-electron chi connectivity index (χ0n) is 9.08. The second-order valence-electron chi connectivity index (χ2n) is 4.35. The van der Waals surface area contributed by atoms with Gasteiger partial charge in [0.15, 0.2) is 0 Å². The highest BCUT2D eigenvalue weighted by Gasteiger charge is 2.11. The summed E-state index contributed by atoms with van der Waals surface area (Å²) in [5.41, 5.74) is 1.32. The SMILES string of the molecule is Oc1ccc(CC[C@@H]2CCCCN2)cc1. The molecule has 0 spiro atoms. The first-order valence-corrected chi connectivity index (χ1v) is 5.86. The van der Waals surface area contributed by atoms with Crippen LogP contribution in [0.4, 0.5) is 0 Å². The van der Waals surface area contributed by atoms with Gasteiger partial charge in [-0.25, -0.2) is 0 Å². The number of aromatic hydroxyl groups is 1. The molecule has 2 rings (SSSR count). The van der Waals surface area contributed by atoms with E-state index in [1.165, 1.54) is 37.8 Å². The Bertz CT molecular complexity index is 288. The summed E-state index contributed by atoms with van der Waals surface area (Å²) in [6.45, 7) is 1.18. The summed E-state index contributed by atoms with van der Waals surface area (Å²) in [6.07, 6.45) is 6.34. The van der Waals surface area contributed by atoms with Gasteiger partial charge in [-0.05, 0) is 49.9 Å². The average molecular weight is 205 g/mol. The lowest BCUT2D eigenvalue weighted by Crippen LogP contribution is -2.34. The second kappa shape index (κ2) is 5.17. The summed E-state index contributed by atoms with van der Waals surface area (Å²) in [6, 6.07) is 8.26. The molecule has 0 unspecified atom stereocenters. The van der Waals surface area contributed by atoms with Crippen LogP contribution in [-0.4, -0.2) is 17.7 Å². The lowest BCUT2D eigenvalue weighted by atomic mass is 9.98. The average Bonchev–Trinajstić information content (AvgIpc) is 2.30. The number of benzene rings is 1. The zero-order valence-corrected chi connectivity index (χ0v) is 9.08. The van der Waals surface area contributed by atoms with Crippen LogP contribution in [0.15, 0.2) is 24.3 Å². The molecule has 0 saturated carbocycles. The number of hydrogen-bond donors (Lipinski definition) is 2. The van der Waals surface area contributed by atoms with E-state index in [9.17, 15) is 0 Å². The highest BCUT2D eigenvalue weighted by Crippen LogP contribution is 2.15. The Morgan fingerprint density at radius 1 is 1.20 bits per heavy atom. The third-order valence-electron chi connectivity index (χ3n) is 3.13. The fraction of sp³-hybridized carbons (Fsp3) is 0.538. The highest BCUT2D eigenvalue weighted by atomic mass is 16.3. The molecule has 0 bridgehead atoms. The van der Waals surface area contributed by atoms with E-state index in [-0.39, 0.29) is 0 Å². The normalized spacial score (nSPS) is 21.5. The Labute approximate surface area is 91.3 Å². The first-order valence-electron chi connectivity index (χ1n) is 5.86. The standard InChI is InChI=1S/C13H19NO/c15-13-8-5-11(6-9-13)4-7-12-3-1-2-10-14-12/h5-6,8-9,12,14-15H,1-4,7,10H2/t12-/m0/s1. The number of phenols is 1. The van der Waals surface area contributed by atoms with Crippen molar-refractivity contribution < 1.29 is 5.11 Å². The van der Waals surface area contributed by atoms with Crippen molar-refractivity contribution in [2.45, 2.75) is 38.1 Å². The lowest BCUT2D eigenvalue weighted by molar-refractivity contribution is 0.383. The van der Waals surface area contributed by atoms with Gasteiger partial charge < -0.3 is 10.4 Å². The van der Waals surface area contributed by atoms with Crippen LogP contribution in [0.1, 0.15) is 31.2 Å². The summed E-state index contributed by atoms with van der Waals surface area (Å²) in [5.74, 6) is 0.356. The van der Waals surface area contributed by atoms with Crippen molar-refractivity contribution >= 4 is 0 Å². The van der Waals surface area contributed by atoms with E-state index in [0.717, 1.165) is 6.42 Å². The van der Waals surface area contributed by atoms with Gasteiger partial charge in [0.25, 0.3) is 0 Å². The molecule has 1 fully saturated rings. The quantitative estimate of drug-likeness (QED) is 0.794. The minimum Gasteiger partial charge on any atom is -0.508 e. The molecule has 15 heavy (non-hydrogen) atoms. The number of rotatable bonds is 3. The van der Waals surface area contributed by atoms with Gasteiger partial charge in [-0.2, -0.15) is 0 Å². The third-order valence-corrected chi connectivity index (χ3v) is 3.13. The molecule has 0 radical (unpaired) electrons. The van der Waals surface area contributed by atoms with Crippen molar-refractivity contribution in [3.8, 4) is 5.75 Å². The van der Waals surface area contributed by atoms with Gasteiger partial charge in [-0.1, -0.05) is 18.6 Å². The number of nitrogens with one attached hydrogen (secondary N) is 1. The number of hydrogen-bond acceptors (Lipinski definition) is 2. The maximum absolute atomic E-state index is 9.16. The molecule has 1 atom stereocenters. The Hall–Kier alpha value is -1.02. The third kappa shape index (κ3) is 3.24. The molecule has 1 aromatic carbocycles. The van der Waals surface area contributed by atoms with E-state index in [0.29, 0.717) is 11.8 Å². The van der Waals surface area contributed by atoms with Gasteiger partial charge in [-0.15, -0.1) is 0 Å². The zero-order chi connectivity index (χ0) is 10.5. The van der Waals surface area contributed by atoms with Crippen LogP contribution in [0.3, 0.4) is 0 Å². The fourth-order valence-corrected chi connectivity index (χ4v) is 2.17. The van der Waals surface area contributed by atoms with Gasteiger partial charge in [0.1, 0.15) is 5.75 Å². The molecule has 2 nitrogen and oxygen atoms in total. The molecule has 2 N–H and O–H groups in total. The number of phenolic OH excluding ortho intramolecular Hbond substituents is 1. The molecular weight excluding hydrogens is 186 g/mol. The van der Waals surface area contributed by atoms with Crippen LogP contribution < -0.4 is 5.32 Å². The van der Waals surface area contributed by atoms with E-state index in [1.54, 1.807) is 12.1 Å². The van der Waals surface area contributed by atoms with Gasteiger partial charge >= 0.3 is 0 Å². The number of piperidine rings is 1. The Morgan fingerprint density at radius 3 is 2.67 bits per heavy atom. The van der Waals surface area contributed by atoms with Gasteiger partial charge in [0.05, 0.1) is 0 Å². The molecule has 1 aliphatic heterocycles. The summed E-state index contributed by atoms with van der Waals surface area (Å²) in [5, 5.41) is 12.7. The van der Waals surface area contributed by atoms with Crippen molar-refractivity contribution in [1.29, 1.82) is 0 Å². The van der Waals surface area contributed by atoms with Gasteiger partial charge in [0.2, 0.25) is 0 Å². The molecule has 1 heterocycles. The molecule has 2 heteroatoms. The Kier molecular flexibility index (Phi) is 3.62. The molecule has 0 aromatic heterocycles. The molecule has 1 aromatic rings. The number of aryl methyl sites for hydroxylation is 1. The van der Waals surface area contributed by atoms with Crippen molar-refractivity contribution in [1.82, 2.24) is 5.32 Å². The predicted molar refractivity (Wildman–Crippen MR) is 62.1 cm³/mol. The van der Waals surface area contributed by atoms with Crippen LogP contribution in [-0.2, 0) is 6.42 Å². The van der Waals surface area contributed by atoms with E-state index in [1.807, 2.05) is 12.1 Å². The molecule has 0 aliphatic carbocycles. The van der Waals surface area contributed by atoms with Crippen LogP contribution in [0, 0.1) is 0 Å². The predicted octanol–water partition coefficient (Wildman–Crippen LogP) is 2.47. The minimum absolute atomic E-state index is 0.356. The topological polar surface area (TPSA) is 32.3 Å². The first kappa shape index (κ1) is 10.5. The lowest BCUT2D eigenvalue weighted by Gasteiger charge is -2.23. The monoisotopic (exact) mass is 205 g/mol. The molecule has 82 valence electrons. The van der Waals surface area contributed by atoms with E-state index < -0.39 is 0 Å². The van der Waals surface area contributed by atoms with Crippen molar-refractivity contribution in [3.63, 3.8) is 0 Å². The molecule has 1 aliphatic rings. The summed E-state index contributed by atoms with van der Waals surface area (Å²) in [7, 11) is 0. The van der Waals surface area contributed by atoms with Crippen LogP contribution >= 0.6 is 0 Å². The van der Waals surface area contributed by atoms with Gasteiger partial charge in [0, 0.05) is 6.04 Å². The van der Waals surface area contributed by atoms with E-state index >= 15 is 0 Å². The minimum atomic E-state index is 0.356. The first-order chi connectivity index (χ1) is 7.34. The Morgan fingerprint density at radius 2 is 2.00 bits per heavy atom. The van der Waals surface area contributed by atoms with Crippen molar-refractivity contribution in [2.75, 3.05) is 6.54 Å². The largest absolute Gasteiger partial charge is 0.508 e. The maximum Gasteiger partial charge on any atom is 0.115 e. The second-order valence-corrected chi connectivity index (χ2v) is 4.35. The Balaban J connectivity index is 1.79. The van der Waals surface area contributed by atoms with Crippen LogP contribution in [0.2, 0.25) is 0 Å².